The molecule has 0 unspecified atom stereocenters. The molecule has 1 N–H and O–H groups in total. The van der Waals surface area contributed by atoms with E-state index in [-0.39, 0.29) is 39.6 Å². The first kappa shape index (κ1) is 47.9. The van der Waals surface area contributed by atoms with Crippen molar-refractivity contribution in [3.05, 3.63) is 215 Å². The minimum absolute atomic E-state index is 0.0625. The van der Waals surface area contributed by atoms with Crippen LogP contribution >= 0.6 is 0 Å². The molecule has 0 bridgehead atoms. The summed E-state index contributed by atoms with van der Waals surface area (Å²) in [5.74, 6) is -0.576. The quantitative estimate of drug-likeness (QED) is 0.0659. The molecule has 67 heavy (non-hydrogen) atoms. The van der Waals surface area contributed by atoms with Crippen molar-refractivity contribution in [3.63, 3.8) is 0 Å². The van der Waals surface area contributed by atoms with E-state index in [1.165, 1.54) is 0 Å². The number of rotatable bonds is 22. The zero-order chi connectivity index (χ0) is 46.0. The Bertz CT molecular complexity index is 2310. The second-order valence-electron chi connectivity index (χ2n) is 16.4. The smallest absolute Gasteiger partial charge is 0.338 e. The maximum atomic E-state index is 13.3. The molecule has 2 aliphatic rings. The molecular formula is C55H58O12. The minimum atomic E-state index is -1.33. The van der Waals surface area contributed by atoms with Gasteiger partial charge in [-0.15, -0.1) is 0 Å². The van der Waals surface area contributed by atoms with Gasteiger partial charge in [-0.1, -0.05) is 170 Å². The van der Waals surface area contributed by atoms with Crippen molar-refractivity contribution in [1.29, 1.82) is 0 Å². The minimum Gasteiger partial charge on any atom is -0.459 e. The Morgan fingerprint density at radius 2 is 0.836 bits per heavy atom. The first-order chi connectivity index (χ1) is 33.0. The predicted molar refractivity (Wildman–Crippen MR) is 248 cm³/mol. The summed E-state index contributed by atoms with van der Waals surface area (Å²) in [6.07, 6.45) is -10.1. The van der Waals surface area contributed by atoms with Crippen molar-refractivity contribution in [2.24, 2.45) is 0 Å². The number of hydrogen-bond donors (Lipinski definition) is 1. The number of aliphatic hydroxyl groups excluding tert-OH is 1. The molecule has 2 saturated heterocycles. The number of methoxy groups -OCH3 is 1. The lowest BCUT2D eigenvalue weighted by Crippen LogP contribution is -2.66. The van der Waals surface area contributed by atoms with Gasteiger partial charge in [-0.2, -0.15) is 0 Å². The van der Waals surface area contributed by atoms with Crippen LogP contribution in [-0.4, -0.2) is 92.8 Å². The van der Waals surface area contributed by atoms with Crippen LogP contribution in [0.25, 0.3) is 0 Å². The van der Waals surface area contributed by atoms with Crippen LogP contribution in [0.15, 0.2) is 182 Å². The first-order valence-electron chi connectivity index (χ1n) is 22.7. The normalized spacial score (nSPS) is 25.0. The third-order valence-electron chi connectivity index (χ3n) is 11.7. The van der Waals surface area contributed by atoms with E-state index in [9.17, 15) is 9.90 Å². The van der Waals surface area contributed by atoms with Gasteiger partial charge in [-0.25, -0.2) is 4.79 Å². The third kappa shape index (κ3) is 13.5. The topological polar surface area (TPSA) is 130 Å². The van der Waals surface area contributed by atoms with Gasteiger partial charge in [0.05, 0.1) is 45.2 Å². The molecule has 2 aliphatic heterocycles. The molecule has 0 aromatic heterocycles. The Labute approximate surface area is 392 Å². The van der Waals surface area contributed by atoms with Crippen molar-refractivity contribution in [2.45, 2.75) is 94.4 Å². The van der Waals surface area contributed by atoms with Gasteiger partial charge >= 0.3 is 5.97 Å². The van der Waals surface area contributed by atoms with Gasteiger partial charge in [0.1, 0.15) is 55.4 Å². The van der Waals surface area contributed by atoms with Crippen molar-refractivity contribution in [3.8, 4) is 0 Å². The average Bonchev–Trinajstić information content (AvgIpc) is 3.38. The van der Waals surface area contributed by atoms with Crippen LogP contribution in [0.3, 0.4) is 0 Å². The van der Waals surface area contributed by atoms with Gasteiger partial charge in [0.15, 0.2) is 12.6 Å². The summed E-state index contributed by atoms with van der Waals surface area (Å²) in [5.41, 5.74) is 4.96. The fourth-order valence-electron chi connectivity index (χ4n) is 8.14. The first-order valence-corrected chi connectivity index (χ1v) is 22.7. The van der Waals surface area contributed by atoms with E-state index >= 15 is 0 Å². The van der Waals surface area contributed by atoms with E-state index in [4.69, 9.17) is 47.4 Å². The lowest BCUT2D eigenvalue weighted by molar-refractivity contribution is -0.373. The highest BCUT2D eigenvalue weighted by Crippen LogP contribution is 2.36. The molecule has 0 radical (unpaired) electrons. The zero-order valence-electron chi connectivity index (χ0n) is 37.5. The van der Waals surface area contributed by atoms with Crippen LogP contribution in [0.1, 0.15) is 38.2 Å². The largest absolute Gasteiger partial charge is 0.459 e. The molecule has 0 aliphatic carbocycles. The van der Waals surface area contributed by atoms with E-state index < -0.39 is 67.4 Å². The average molecular weight is 911 g/mol. The highest BCUT2D eigenvalue weighted by atomic mass is 16.8. The van der Waals surface area contributed by atoms with E-state index in [2.05, 4.69) is 0 Å². The lowest BCUT2D eigenvalue weighted by atomic mass is 9.96. The van der Waals surface area contributed by atoms with Gasteiger partial charge in [0.2, 0.25) is 0 Å². The van der Waals surface area contributed by atoms with Gasteiger partial charge in [0, 0.05) is 7.11 Å². The predicted octanol–water partition coefficient (Wildman–Crippen LogP) is 8.24. The van der Waals surface area contributed by atoms with Gasteiger partial charge in [0.25, 0.3) is 0 Å². The number of aliphatic hydroxyl groups is 1. The maximum absolute atomic E-state index is 13.3. The number of benzene rings is 6. The monoisotopic (exact) mass is 910 g/mol. The molecule has 0 amide bonds. The Morgan fingerprint density at radius 1 is 0.448 bits per heavy atom. The van der Waals surface area contributed by atoms with Crippen molar-refractivity contribution < 1.29 is 57.3 Å². The zero-order valence-corrected chi connectivity index (χ0v) is 37.5. The van der Waals surface area contributed by atoms with Crippen molar-refractivity contribution >= 4 is 5.97 Å². The molecular weight excluding hydrogens is 853 g/mol. The Morgan fingerprint density at radius 3 is 1.30 bits per heavy atom. The van der Waals surface area contributed by atoms with Crippen molar-refractivity contribution in [2.75, 3.05) is 20.3 Å². The maximum Gasteiger partial charge on any atom is 0.338 e. The number of carbonyl (C=O) groups excluding carboxylic acids is 1. The van der Waals surface area contributed by atoms with Crippen LogP contribution in [0.2, 0.25) is 0 Å². The fourth-order valence-corrected chi connectivity index (χ4v) is 8.14. The second-order valence-corrected chi connectivity index (χ2v) is 16.4. The van der Waals surface area contributed by atoms with Crippen molar-refractivity contribution in [1.82, 2.24) is 0 Å². The summed E-state index contributed by atoms with van der Waals surface area (Å²) in [7, 11) is 1.57. The fraction of sp³-hybridized carbons (Fsp3) is 0.327. The molecule has 12 nitrogen and oxygen atoms in total. The Balaban J connectivity index is 1.16. The number of ether oxygens (including phenoxy) is 10. The third-order valence-corrected chi connectivity index (χ3v) is 11.7. The molecule has 2 heterocycles. The Kier molecular flexibility index (Phi) is 17.8. The number of carbonyl (C=O) groups is 1. The van der Waals surface area contributed by atoms with Crippen LogP contribution in [0, 0.1) is 0 Å². The molecule has 6 aromatic carbocycles. The van der Waals surface area contributed by atoms with Crippen LogP contribution in [0.5, 0.6) is 0 Å². The van der Waals surface area contributed by atoms with Gasteiger partial charge in [-0.05, 0) is 39.9 Å². The number of hydrogen-bond acceptors (Lipinski definition) is 12. The van der Waals surface area contributed by atoms with E-state index in [1.54, 1.807) is 31.4 Å². The standard InChI is InChI=1S/C55H58O12/c1-58-54-52(63-36-43-28-16-6-17-29-43)50(61-34-41-24-12-4-13-25-41)48(46(66-54)37-59-32-39-20-8-2-9-21-39)67-55-51(62-35-42-26-14-5-15-27-42)49(60-33-40-22-10-3-11-23-40)47(56)45(65-55)38-64-53(57)44-30-18-7-19-31-44/h2-31,45-52,54-56H,32-38H2,1H3/t45-,46-,47-,48-,49+,50+,51+,52+,54+,55+/m1/s1. The van der Waals surface area contributed by atoms with Crippen LogP contribution in [-0.2, 0) is 80.4 Å². The summed E-state index contributed by atoms with van der Waals surface area (Å²) in [6.45, 7) is 0.727. The summed E-state index contributed by atoms with van der Waals surface area (Å²) in [4.78, 5) is 13.3. The highest BCUT2D eigenvalue weighted by Gasteiger charge is 2.54. The lowest BCUT2D eigenvalue weighted by Gasteiger charge is -2.49. The molecule has 0 spiro atoms. The molecule has 12 heteroatoms. The van der Waals surface area contributed by atoms with Gasteiger partial charge < -0.3 is 52.5 Å². The molecule has 6 aromatic rings. The van der Waals surface area contributed by atoms with E-state index in [0.29, 0.717) is 12.2 Å². The molecule has 10 atom stereocenters. The summed E-state index contributed by atoms with van der Waals surface area (Å²) < 4.78 is 66.0. The Hall–Kier alpha value is -5.61. The van der Waals surface area contributed by atoms with Crippen LogP contribution < -0.4 is 0 Å². The SMILES string of the molecule is CO[C@H]1O[C@H](COCc2ccccc2)[C@@H](O[C@@H]2O[C@H](COC(=O)c3ccccc3)[C@@H](O)[C@H](OCc3ccccc3)[C@@H]2OCc2ccccc2)[C@H](OCc2ccccc2)[C@@H]1OCc1ccccc1. The second kappa shape index (κ2) is 25.0. The molecule has 350 valence electrons. The number of esters is 1. The van der Waals surface area contributed by atoms with Gasteiger partial charge in [-0.3, -0.25) is 0 Å². The molecule has 0 saturated carbocycles. The molecule has 8 rings (SSSR count). The summed E-state index contributed by atoms with van der Waals surface area (Å²) in [6, 6.07) is 57.4. The summed E-state index contributed by atoms with van der Waals surface area (Å²) in [5, 5.41) is 12.2. The summed E-state index contributed by atoms with van der Waals surface area (Å²) >= 11 is 0. The van der Waals surface area contributed by atoms with E-state index in [1.807, 2.05) is 158 Å². The van der Waals surface area contributed by atoms with Crippen LogP contribution in [0.4, 0.5) is 0 Å². The molecule has 2 fully saturated rings. The highest BCUT2D eigenvalue weighted by molar-refractivity contribution is 5.89. The van der Waals surface area contributed by atoms with E-state index in [0.717, 1.165) is 27.8 Å².